The first-order valence-electron chi connectivity index (χ1n) is 32.2. The molecular weight excluding hydrogens is 1050 g/mol. The Hall–Kier alpha value is -4.08. The zero-order valence-electron chi connectivity index (χ0n) is 56.7. The van der Waals surface area contributed by atoms with E-state index in [4.69, 9.17) is 18.9 Å². The molecule has 3 heterocycles. The third-order valence-electron chi connectivity index (χ3n) is 16.1. The number of hydrogen-bond acceptors (Lipinski definition) is 4. The number of allylic oxidation sites excluding steroid dienone is 4. The second-order valence-corrected chi connectivity index (χ2v) is 26.2. The number of ether oxygens (including phenoxy) is 4. The lowest BCUT2D eigenvalue weighted by molar-refractivity contribution is -0.187. The summed E-state index contributed by atoms with van der Waals surface area (Å²) >= 11 is 0. The monoisotopic (exact) mass is 1170 g/mol. The number of halogens is 4. The maximum Gasteiger partial charge on any atom is 0.154 e. The molecule has 4 aromatic rings. The van der Waals surface area contributed by atoms with Crippen molar-refractivity contribution in [2.45, 2.75) is 247 Å². The van der Waals surface area contributed by atoms with Gasteiger partial charge in [0.2, 0.25) is 0 Å². The lowest BCUT2D eigenvalue weighted by Crippen LogP contribution is -2.27. The first-order valence-corrected chi connectivity index (χ1v) is 32.2. The number of hydrogen-bond donors (Lipinski definition) is 0. The van der Waals surface area contributed by atoms with Crippen molar-refractivity contribution in [3.05, 3.63) is 164 Å². The third-order valence-corrected chi connectivity index (χ3v) is 16.1. The van der Waals surface area contributed by atoms with Crippen molar-refractivity contribution in [3.8, 4) is 0 Å². The molecule has 6 aliphatic rings. The van der Waals surface area contributed by atoms with Crippen LogP contribution in [0.4, 0.5) is 17.6 Å². The van der Waals surface area contributed by atoms with Crippen molar-refractivity contribution in [2.75, 3.05) is 26.4 Å². The predicted molar refractivity (Wildman–Crippen MR) is 354 cm³/mol. The first-order chi connectivity index (χ1) is 39.5. The smallest absolute Gasteiger partial charge is 0.154 e. The molecule has 3 saturated heterocycles. The highest BCUT2D eigenvalue weighted by Gasteiger charge is 2.16. The van der Waals surface area contributed by atoms with Crippen LogP contribution in [-0.2, 0) is 18.9 Å². The van der Waals surface area contributed by atoms with Crippen molar-refractivity contribution >= 4 is 0 Å². The minimum atomic E-state index is -0.475. The van der Waals surface area contributed by atoms with Gasteiger partial charge in [-0.05, 0) is 242 Å². The summed E-state index contributed by atoms with van der Waals surface area (Å²) in [5, 5.41) is 0. The van der Waals surface area contributed by atoms with Gasteiger partial charge in [-0.25, -0.2) is 17.6 Å². The lowest BCUT2D eigenvalue weighted by atomic mass is 9.84. The van der Waals surface area contributed by atoms with Crippen LogP contribution in [0.3, 0.4) is 0 Å². The molecule has 6 atom stereocenters. The van der Waals surface area contributed by atoms with Crippen LogP contribution >= 0.6 is 0 Å². The van der Waals surface area contributed by atoms with Gasteiger partial charge < -0.3 is 18.9 Å². The third kappa shape index (κ3) is 39.6. The molecule has 6 unspecified atom stereocenters. The van der Waals surface area contributed by atoms with Gasteiger partial charge in [-0.1, -0.05) is 157 Å². The second-order valence-electron chi connectivity index (χ2n) is 26.2. The van der Waals surface area contributed by atoms with Crippen molar-refractivity contribution in [2.24, 2.45) is 41.4 Å². The van der Waals surface area contributed by atoms with Crippen LogP contribution in [0.2, 0.25) is 0 Å². The first kappa shape index (κ1) is 77.9. The maximum atomic E-state index is 12.6. The van der Waals surface area contributed by atoms with Crippen LogP contribution in [0, 0.1) is 120 Å². The molecule has 8 heteroatoms. The zero-order valence-corrected chi connectivity index (χ0v) is 56.7. The molecule has 10 rings (SSSR count). The Morgan fingerprint density at radius 3 is 0.881 bits per heavy atom. The van der Waals surface area contributed by atoms with E-state index in [1.165, 1.54) is 132 Å². The standard InChI is InChI=1S/C8H8F2.2C8H9F.C8H16.2C8H14.C8H10.2C7H14O.C6H12O2.H2/c1-5-3-7(9)6(2)8(10)4-5;2*1-6-3-4-7(2)8(9)5-6;4*1-7-3-5-8(2)6-4-7;2*1-6-3-4-7(2)8-5-6;1-5-3-7-6(2)8-4-5;/h3-4H,1-2H3;2*3-5H,1-2H3;7-8H,3-6H2,1-2H3;2*3,8H,4-6H2,1-2H3;3-6H,1-2H3;2*6-7H,3-5H2,1-2H3;5-6H,3-4H2,1-2H3;1H. The second kappa shape index (κ2) is 44.4. The van der Waals surface area contributed by atoms with Crippen LogP contribution < -0.4 is 0 Å². The lowest BCUT2D eigenvalue weighted by Gasteiger charge is -2.24. The van der Waals surface area contributed by atoms with Gasteiger partial charge >= 0.3 is 0 Å². The summed E-state index contributed by atoms with van der Waals surface area (Å²) in [7, 11) is 0. The summed E-state index contributed by atoms with van der Waals surface area (Å²) in [6.45, 7) is 44.8. The minimum Gasteiger partial charge on any atom is -0.378 e. The summed E-state index contributed by atoms with van der Waals surface area (Å²) in [5.41, 5.74) is 9.89. The molecule has 478 valence electrons. The molecule has 4 nitrogen and oxygen atoms in total. The van der Waals surface area contributed by atoms with E-state index in [2.05, 4.69) is 126 Å². The Morgan fingerprint density at radius 1 is 0.321 bits per heavy atom. The fourth-order valence-corrected chi connectivity index (χ4v) is 9.15. The van der Waals surface area contributed by atoms with Crippen molar-refractivity contribution in [3.63, 3.8) is 0 Å². The van der Waals surface area contributed by atoms with Gasteiger partial charge in [-0.3, -0.25) is 0 Å². The molecule has 4 aromatic carbocycles. The van der Waals surface area contributed by atoms with E-state index >= 15 is 0 Å². The number of rotatable bonds is 0. The van der Waals surface area contributed by atoms with Crippen molar-refractivity contribution in [1.82, 2.24) is 0 Å². The van der Waals surface area contributed by atoms with Gasteiger partial charge in [0.1, 0.15) is 23.3 Å². The molecule has 0 aromatic heterocycles. The number of aryl methyl sites for hydroxylation is 7. The molecule has 3 aliphatic heterocycles. The van der Waals surface area contributed by atoms with Crippen LogP contribution in [0.1, 0.15) is 219 Å². The largest absolute Gasteiger partial charge is 0.378 e. The minimum absolute atomic E-state index is 0. The average molecular weight is 1180 g/mol. The molecule has 0 bridgehead atoms. The summed E-state index contributed by atoms with van der Waals surface area (Å²) in [4.78, 5) is 0. The Bertz CT molecular complexity index is 2150. The van der Waals surface area contributed by atoms with Gasteiger partial charge in [0, 0.05) is 26.1 Å². The van der Waals surface area contributed by atoms with Crippen molar-refractivity contribution < 1.29 is 37.9 Å². The molecular formula is C76H122F4O4. The number of benzene rings is 4. The highest BCUT2D eigenvalue weighted by atomic mass is 19.1. The fraction of sp³-hybridized carbons (Fsp3) is 0.632. The molecule has 1 saturated carbocycles. The van der Waals surface area contributed by atoms with Gasteiger partial charge in [0.15, 0.2) is 6.29 Å². The summed E-state index contributed by atoms with van der Waals surface area (Å²) in [5.74, 6) is 4.92. The van der Waals surface area contributed by atoms with Gasteiger partial charge in [-0.15, -0.1) is 0 Å². The topological polar surface area (TPSA) is 36.9 Å². The highest BCUT2D eigenvalue weighted by molar-refractivity contribution is 5.24. The quantitative estimate of drug-likeness (QED) is 0.130. The van der Waals surface area contributed by atoms with Crippen LogP contribution in [-0.4, -0.2) is 44.9 Å². The zero-order chi connectivity index (χ0) is 63.3. The van der Waals surface area contributed by atoms with Gasteiger partial charge in [0.05, 0.1) is 25.4 Å². The van der Waals surface area contributed by atoms with E-state index in [1.54, 1.807) is 44.1 Å². The Labute approximate surface area is 514 Å². The van der Waals surface area contributed by atoms with E-state index in [-0.39, 0.29) is 24.9 Å². The van der Waals surface area contributed by atoms with E-state index in [1.807, 2.05) is 32.9 Å². The Morgan fingerprint density at radius 2 is 0.631 bits per heavy atom. The molecule has 0 N–H and O–H groups in total. The maximum absolute atomic E-state index is 12.6. The molecule has 84 heavy (non-hydrogen) atoms. The normalized spacial score (nSPS) is 25.0. The van der Waals surface area contributed by atoms with E-state index < -0.39 is 11.6 Å². The summed E-state index contributed by atoms with van der Waals surface area (Å²) < 4.78 is 71.5. The Balaban J connectivity index is 0.000000922. The highest BCUT2D eigenvalue weighted by Crippen LogP contribution is 2.27. The molecule has 3 aliphatic carbocycles. The van der Waals surface area contributed by atoms with E-state index in [0.717, 1.165) is 73.1 Å². The predicted octanol–water partition coefficient (Wildman–Crippen LogP) is 23.0. The molecule has 0 spiro atoms. The van der Waals surface area contributed by atoms with E-state index in [0.29, 0.717) is 34.8 Å². The summed E-state index contributed by atoms with van der Waals surface area (Å²) in [6.07, 6.45) is 25.0. The molecule has 0 radical (unpaired) electrons. The van der Waals surface area contributed by atoms with Crippen LogP contribution in [0.5, 0.6) is 0 Å². The average Bonchev–Trinajstić information content (AvgIpc) is 3.52. The van der Waals surface area contributed by atoms with Gasteiger partial charge in [0.25, 0.3) is 0 Å². The molecule has 0 amide bonds. The molecule has 4 fully saturated rings. The van der Waals surface area contributed by atoms with Gasteiger partial charge in [-0.2, -0.15) is 0 Å². The fourth-order valence-electron chi connectivity index (χ4n) is 9.15. The SMILES string of the molecule is CC1=CCC(C)CC1.CC1=CCC(C)CC1.CC1CCC(C)CC1.CC1CCC(C)OC1.CC1CCC(C)OC1.CC1COC(C)OC1.Cc1cc(F)c(C)c(F)c1.Cc1ccc(C)c(F)c1.Cc1ccc(C)c(F)c1.Cc1ccc(C)cc1.[HH]. The van der Waals surface area contributed by atoms with E-state index in [9.17, 15) is 17.6 Å². The van der Waals surface area contributed by atoms with Crippen LogP contribution in [0.15, 0.2) is 96.1 Å². The van der Waals surface area contributed by atoms with Crippen LogP contribution in [0.25, 0.3) is 0 Å². The van der Waals surface area contributed by atoms with Crippen molar-refractivity contribution in [1.29, 1.82) is 0 Å². The Kier molecular flexibility index (Phi) is 41.2. The summed E-state index contributed by atoms with van der Waals surface area (Å²) in [6, 6.07) is 21.6.